The van der Waals surface area contributed by atoms with Gasteiger partial charge in [-0.3, -0.25) is 4.90 Å². The summed E-state index contributed by atoms with van der Waals surface area (Å²) in [6, 6.07) is 4.39. The molecule has 2 nitrogen and oxygen atoms in total. The fourth-order valence-electron chi connectivity index (χ4n) is 2.08. The minimum Gasteiger partial charge on any atom is -0.399 e. The molecule has 0 unspecified atom stereocenters. The van der Waals surface area contributed by atoms with Crippen molar-refractivity contribution in [3.05, 3.63) is 28.8 Å². The van der Waals surface area contributed by atoms with Crippen LogP contribution in [0.1, 0.15) is 23.6 Å². The third-order valence-corrected chi connectivity index (χ3v) is 3.13. The molecule has 0 aliphatic carbocycles. The third-order valence-electron chi connectivity index (χ3n) is 3.13. The summed E-state index contributed by atoms with van der Waals surface area (Å²) in [6.07, 6.45) is 1.17. The summed E-state index contributed by atoms with van der Waals surface area (Å²) in [6.45, 7) is 7.68. The highest BCUT2D eigenvalue weighted by Gasteiger charge is 2.15. The van der Waals surface area contributed by atoms with Crippen molar-refractivity contribution in [3.8, 4) is 0 Å². The first-order valence-electron chi connectivity index (χ1n) is 5.31. The van der Waals surface area contributed by atoms with Crippen LogP contribution in [0.15, 0.2) is 12.1 Å². The molecule has 0 atom stereocenters. The van der Waals surface area contributed by atoms with Gasteiger partial charge in [-0.25, -0.2) is 0 Å². The van der Waals surface area contributed by atoms with Crippen LogP contribution < -0.4 is 5.73 Å². The summed E-state index contributed by atoms with van der Waals surface area (Å²) < 4.78 is 0. The van der Waals surface area contributed by atoms with Crippen molar-refractivity contribution in [2.24, 2.45) is 0 Å². The van der Waals surface area contributed by atoms with E-state index in [1.54, 1.807) is 0 Å². The fourth-order valence-corrected chi connectivity index (χ4v) is 2.08. The Morgan fingerprint density at radius 3 is 2.86 bits per heavy atom. The van der Waals surface area contributed by atoms with Crippen molar-refractivity contribution < 1.29 is 0 Å². The van der Waals surface area contributed by atoms with Gasteiger partial charge in [-0.1, -0.05) is 13.0 Å². The standard InChI is InChI=1S/C12H18N2/c1-3-14-5-4-10-6-9(2)12(13)7-11(10)8-14/h6-7H,3-5,8,13H2,1-2H3. The molecule has 1 heterocycles. The molecule has 0 aromatic heterocycles. The maximum absolute atomic E-state index is 5.91. The number of aryl methyl sites for hydroxylation is 1. The van der Waals surface area contributed by atoms with E-state index in [1.165, 1.54) is 29.7 Å². The van der Waals surface area contributed by atoms with E-state index in [-0.39, 0.29) is 0 Å². The molecule has 0 saturated carbocycles. The van der Waals surface area contributed by atoms with Crippen LogP contribution in [-0.4, -0.2) is 18.0 Å². The summed E-state index contributed by atoms with van der Waals surface area (Å²) in [5.41, 5.74) is 11.0. The summed E-state index contributed by atoms with van der Waals surface area (Å²) in [5.74, 6) is 0. The number of likely N-dealkylation sites (N-methyl/N-ethyl adjacent to an activating group) is 1. The van der Waals surface area contributed by atoms with Crippen LogP contribution >= 0.6 is 0 Å². The predicted molar refractivity (Wildman–Crippen MR) is 60.2 cm³/mol. The number of rotatable bonds is 1. The Bertz CT molecular complexity index is 344. The van der Waals surface area contributed by atoms with Crippen molar-refractivity contribution in [2.45, 2.75) is 26.8 Å². The molecule has 0 spiro atoms. The molecule has 2 heteroatoms. The number of anilines is 1. The highest BCUT2D eigenvalue weighted by Crippen LogP contribution is 2.23. The van der Waals surface area contributed by atoms with E-state index in [0.29, 0.717) is 0 Å². The van der Waals surface area contributed by atoms with Gasteiger partial charge in [0.25, 0.3) is 0 Å². The Hall–Kier alpha value is -1.02. The number of hydrogen-bond donors (Lipinski definition) is 1. The van der Waals surface area contributed by atoms with Crippen LogP contribution in [0.2, 0.25) is 0 Å². The number of hydrogen-bond acceptors (Lipinski definition) is 2. The minimum atomic E-state index is 0.932. The molecule has 0 fully saturated rings. The van der Waals surface area contributed by atoms with Gasteiger partial charge in [-0.15, -0.1) is 0 Å². The second kappa shape index (κ2) is 3.62. The molecule has 1 aromatic rings. The van der Waals surface area contributed by atoms with E-state index in [2.05, 4.69) is 30.9 Å². The first kappa shape index (κ1) is 9.53. The first-order valence-corrected chi connectivity index (χ1v) is 5.31. The van der Waals surface area contributed by atoms with E-state index in [9.17, 15) is 0 Å². The van der Waals surface area contributed by atoms with Gasteiger partial charge in [0, 0.05) is 18.8 Å². The number of benzene rings is 1. The number of fused-ring (bicyclic) bond motifs is 1. The lowest BCUT2D eigenvalue weighted by molar-refractivity contribution is 0.268. The Balaban J connectivity index is 2.33. The molecule has 0 bridgehead atoms. The van der Waals surface area contributed by atoms with Crippen LogP contribution in [0.5, 0.6) is 0 Å². The highest BCUT2D eigenvalue weighted by molar-refractivity contribution is 5.52. The third kappa shape index (κ3) is 1.62. The van der Waals surface area contributed by atoms with Crippen LogP contribution in [0.25, 0.3) is 0 Å². The fraction of sp³-hybridized carbons (Fsp3) is 0.500. The highest BCUT2D eigenvalue weighted by atomic mass is 15.1. The van der Waals surface area contributed by atoms with E-state index in [1.807, 2.05) is 0 Å². The van der Waals surface area contributed by atoms with Crippen molar-refractivity contribution in [1.29, 1.82) is 0 Å². The summed E-state index contributed by atoms with van der Waals surface area (Å²) in [4.78, 5) is 2.46. The Kier molecular flexibility index (Phi) is 2.46. The zero-order chi connectivity index (χ0) is 10.1. The van der Waals surface area contributed by atoms with E-state index in [4.69, 9.17) is 5.73 Å². The molecule has 0 radical (unpaired) electrons. The quantitative estimate of drug-likeness (QED) is 0.686. The van der Waals surface area contributed by atoms with Gasteiger partial charge in [0.1, 0.15) is 0 Å². The van der Waals surface area contributed by atoms with Gasteiger partial charge < -0.3 is 5.73 Å². The summed E-state index contributed by atoms with van der Waals surface area (Å²) in [5, 5.41) is 0. The summed E-state index contributed by atoms with van der Waals surface area (Å²) in [7, 11) is 0. The van der Waals surface area contributed by atoms with Gasteiger partial charge in [0.05, 0.1) is 0 Å². The van der Waals surface area contributed by atoms with E-state index >= 15 is 0 Å². The zero-order valence-corrected chi connectivity index (χ0v) is 9.01. The smallest absolute Gasteiger partial charge is 0.0347 e. The van der Waals surface area contributed by atoms with Gasteiger partial charge in [-0.05, 0) is 42.6 Å². The molecule has 14 heavy (non-hydrogen) atoms. The average Bonchev–Trinajstić information content (AvgIpc) is 2.19. The topological polar surface area (TPSA) is 29.3 Å². The van der Waals surface area contributed by atoms with Crippen LogP contribution in [-0.2, 0) is 13.0 Å². The lowest BCUT2D eigenvalue weighted by Crippen LogP contribution is -2.30. The minimum absolute atomic E-state index is 0.932. The van der Waals surface area contributed by atoms with Gasteiger partial charge >= 0.3 is 0 Å². The largest absolute Gasteiger partial charge is 0.399 e. The van der Waals surface area contributed by atoms with E-state index in [0.717, 1.165) is 18.8 Å². The molecule has 2 rings (SSSR count). The molecular formula is C12H18N2. The molecule has 1 aromatic carbocycles. The second-order valence-electron chi connectivity index (χ2n) is 4.10. The molecule has 2 N–H and O–H groups in total. The lowest BCUT2D eigenvalue weighted by Gasteiger charge is -2.28. The van der Waals surface area contributed by atoms with Gasteiger partial charge in [0.2, 0.25) is 0 Å². The first-order chi connectivity index (χ1) is 6.70. The number of nitrogens with two attached hydrogens (primary N) is 1. The van der Waals surface area contributed by atoms with Crippen molar-refractivity contribution >= 4 is 5.69 Å². The Morgan fingerprint density at radius 1 is 1.36 bits per heavy atom. The van der Waals surface area contributed by atoms with Crippen molar-refractivity contribution in [3.63, 3.8) is 0 Å². The average molecular weight is 190 g/mol. The summed E-state index contributed by atoms with van der Waals surface area (Å²) >= 11 is 0. The van der Waals surface area contributed by atoms with Gasteiger partial charge in [0.15, 0.2) is 0 Å². The molecule has 76 valence electrons. The number of nitrogen functional groups attached to an aromatic ring is 1. The zero-order valence-electron chi connectivity index (χ0n) is 9.01. The van der Waals surface area contributed by atoms with Crippen LogP contribution in [0.4, 0.5) is 5.69 Å². The lowest BCUT2D eigenvalue weighted by atomic mass is 9.96. The monoisotopic (exact) mass is 190 g/mol. The maximum atomic E-state index is 5.91. The predicted octanol–water partition coefficient (Wildman–Crippen LogP) is 1.96. The number of nitrogens with zero attached hydrogens (tertiary/aromatic N) is 1. The molecule has 1 aliphatic heterocycles. The van der Waals surface area contributed by atoms with Gasteiger partial charge in [-0.2, -0.15) is 0 Å². The van der Waals surface area contributed by atoms with Crippen LogP contribution in [0, 0.1) is 6.92 Å². The molecular weight excluding hydrogens is 172 g/mol. The maximum Gasteiger partial charge on any atom is 0.0347 e. The molecule has 0 saturated heterocycles. The molecule has 1 aliphatic rings. The van der Waals surface area contributed by atoms with E-state index < -0.39 is 0 Å². The van der Waals surface area contributed by atoms with Crippen molar-refractivity contribution in [2.75, 3.05) is 18.8 Å². The normalized spacial score (nSPS) is 16.7. The SMILES string of the molecule is CCN1CCc2cc(C)c(N)cc2C1. The van der Waals surface area contributed by atoms with Crippen molar-refractivity contribution in [1.82, 2.24) is 4.90 Å². The second-order valence-corrected chi connectivity index (χ2v) is 4.10. The molecule has 0 amide bonds. The Labute approximate surface area is 85.7 Å². The Morgan fingerprint density at radius 2 is 2.14 bits per heavy atom. The van der Waals surface area contributed by atoms with Crippen LogP contribution in [0.3, 0.4) is 0 Å².